The maximum atomic E-state index is 11.4. The van der Waals surface area contributed by atoms with Crippen LogP contribution in [0.15, 0.2) is 0 Å². The molecule has 2 aliphatic rings. The highest BCUT2D eigenvalue weighted by Gasteiger charge is 2.32. The topological polar surface area (TPSA) is 37.4 Å². The van der Waals surface area contributed by atoms with E-state index in [1.165, 1.54) is 11.3 Å². The summed E-state index contributed by atoms with van der Waals surface area (Å²) < 4.78 is 0.925. The molecule has 0 aromatic carbocycles. The molecule has 2 saturated heterocycles. The Morgan fingerprint density at radius 1 is 1.29 bits per heavy atom. The van der Waals surface area contributed by atoms with Gasteiger partial charge in [0.05, 0.1) is 27.2 Å². The van der Waals surface area contributed by atoms with Crippen molar-refractivity contribution in [3.8, 4) is 11.8 Å². The zero-order chi connectivity index (χ0) is 12.5. The number of quaternary nitrogens is 1. The van der Waals surface area contributed by atoms with Crippen LogP contribution in [0, 0.1) is 11.8 Å². The molecule has 2 amide bonds. The van der Waals surface area contributed by atoms with Crippen LogP contribution < -0.4 is 0 Å². The lowest BCUT2D eigenvalue weighted by atomic mass is 10.2. The number of hydrogen-bond acceptors (Lipinski definition) is 2. The molecule has 0 N–H and O–H groups in total. The Hall–Kier alpha value is -1.34. The number of imide groups is 1. The van der Waals surface area contributed by atoms with E-state index in [2.05, 4.69) is 25.9 Å². The fraction of sp³-hybridized carbons (Fsp3) is 0.692. The van der Waals surface area contributed by atoms with Gasteiger partial charge in [0.15, 0.2) is 6.04 Å². The predicted molar refractivity (Wildman–Crippen MR) is 63.7 cm³/mol. The maximum Gasteiger partial charge on any atom is 0.230 e. The third-order valence-corrected chi connectivity index (χ3v) is 3.72. The predicted octanol–water partition coefficient (Wildman–Crippen LogP) is 0.378. The van der Waals surface area contributed by atoms with Gasteiger partial charge in [0.1, 0.15) is 0 Å². The van der Waals surface area contributed by atoms with Crippen molar-refractivity contribution in [3.05, 3.63) is 0 Å². The first-order valence-corrected chi connectivity index (χ1v) is 6.15. The van der Waals surface area contributed by atoms with Crippen molar-refractivity contribution >= 4 is 11.8 Å². The van der Waals surface area contributed by atoms with E-state index in [1.54, 1.807) is 0 Å². The molecule has 0 unspecified atom stereocenters. The molecule has 17 heavy (non-hydrogen) atoms. The van der Waals surface area contributed by atoms with Gasteiger partial charge in [0.2, 0.25) is 11.8 Å². The van der Waals surface area contributed by atoms with Crippen molar-refractivity contribution in [3.63, 3.8) is 0 Å². The molecule has 2 aliphatic heterocycles. The summed E-state index contributed by atoms with van der Waals surface area (Å²) in [6, 6.07) is 0.350. The van der Waals surface area contributed by atoms with Crippen LogP contribution in [0.3, 0.4) is 0 Å². The average molecular weight is 235 g/mol. The van der Waals surface area contributed by atoms with Gasteiger partial charge in [-0.15, -0.1) is 0 Å². The summed E-state index contributed by atoms with van der Waals surface area (Å²) >= 11 is 0. The molecule has 4 heteroatoms. The zero-order valence-electron chi connectivity index (χ0n) is 10.5. The van der Waals surface area contributed by atoms with Crippen LogP contribution in [0.4, 0.5) is 0 Å². The molecular formula is C13H19N2O2+. The smallest absolute Gasteiger partial charge is 0.230 e. The normalized spacial score (nSPS) is 27.2. The van der Waals surface area contributed by atoms with Crippen molar-refractivity contribution in [2.45, 2.75) is 31.7 Å². The summed E-state index contributed by atoms with van der Waals surface area (Å²) in [5.41, 5.74) is 0. The van der Waals surface area contributed by atoms with Crippen LogP contribution in [-0.4, -0.2) is 54.4 Å². The summed E-state index contributed by atoms with van der Waals surface area (Å²) in [5, 5.41) is 0. The van der Waals surface area contributed by atoms with Crippen LogP contribution in [0.25, 0.3) is 0 Å². The molecule has 0 saturated carbocycles. The Kier molecular flexibility index (Phi) is 3.21. The molecule has 2 fully saturated rings. The molecule has 0 bridgehead atoms. The number of carbonyl (C=O) groups is 2. The number of carbonyl (C=O) groups excluding carboxylic acids is 2. The highest BCUT2D eigenvalue weighted by molar-refractivity contribution is 6.02. The lowest BCUT2D eigenvalue weighted by Gasteiger charge is -2.28. The fourth-order valence-corrected chi connectivity index (χ4v) is 2.49. The SMILES string of the molecule is C[N+]1(C)CCC[C@@H]1C#CCN1C(=O)CCC1=O. The molecule has 0 spiro atoms. The van der Waals surface area contributed by atoms with Crippen LogP contribution in [-0.2, 0) is 9.59 Å². The van der Waals surface area contributed by atoms with Gasteiger partial charge in [-0.25, -0.2) is 0 Å². The van der Waals surface area contributed by atoms with Gasteiger partial charge in [-0.05, 0) is 5.92 Å². The van der Waals surface area contributed by atoms with Crippen LogP contribution >= 0.6 is 0 Å². The second kappa shape index (κ2) is 4.50. The second-order valence-corrected chi connectivity index (χ2v) is 5.36. The van der Waals surface area contributed by atoms with Gasteiger partial charge in [-0.1, -0.05) is 5.92 Å². The van der Waals surface area contributed by atoms with E-state index in [1.807, 2.05) is 0 Å². The lowest BCUT2D eigenvalue weighted by molar-refractivity contribution is -0.894. The summed E-state index contributed by atoms with van der Waals surface area (Å²) in [4.78, 5) is 24.0. The Balaban J connectivity index is 1.94. The third kappa shape index (κ3) is 2.50. The molecular weight excluding hydrogens is 216 g/mol. The van der Waals surface area contributed by atoms with E-state index in [0.29, 0.717) is 18.9 Å². The van der Waals surface area contributed by atoms with Gasteiger partial charge < -0.3 is 4.48 Å². The monoisotopic (exact) mass is 235 g/mol. The van der Waals surface area contributed by atoms with Gasteiger partial charge in [0, 0.05) is 25.7 Å². The van der Waals surface area contributed by atoms with Gasteiger partial charge in [-0.2, -0.15) is 0 Å². The highest BCUT2D eigenvalue weighted by Crippen LogP contribution is 2.21. The number of amides is 2. The Bertz CT molecular complexity index is 387. The molecule has 1 atom stereocenters. The largest absolute Gasteiger partial charge is 0.316 e. The summed E-state index contributed by atoms with van der Waals surface area (Å²) in [5.74, 6) is 6.06. The summed E-state index contributed by atoms with van der Waals surface area (Å²) in [6.07, 6.45) is 3.02. The van der Waals surface area contributed by atoms with E-state index in [9.17, 15) is 9.59 Å². The molecule has 2 rings (SSSR count). The minimum atomic E-state index is -0.0792. The number of nitrogens with zero attached hydrogens (tertiary/aromatic N) is 2. The van der Waals surface area contributed by atoms with Gasteiger partial charge >= 0.3 is 0 Å². The van der Waals surface area contributed by atoms with E-state index in [4.69, 9.17) is 0 Å². The fourth-order valence-electron chi connectivity index (χ4n) is 2.49. The number of hydrogen-bond donors (Lipinski definition) is 0. The Labute approximate surface area is 102 Å². The maximum absolute atomic E-state index is 11.4. The van der Waals surface area contributed by atoms with Gasteiger partial charge in [-0.3, -0.25) is 14.5 Å². The number of likely N-dealkylation sites (tertiary alicyclic amines) is 2. The van der Waals surface area contributed by atoms with Crippen molar-refractivity contribution in [2.24, 2.45) is 0 Å². The first kappa shape index (κ1) is 12.1. The third-order valence-electron chi connectivity index (χ3n) is 3.72. The molecule has 0 radical (unpaired) electrons. The van der Waals surface area contributed by atoms with Crippen molar-refractivity contribution in [2.75, 3.05) is 27.2 Å². The summed E-state index contributed by atoms with van der Waals surface area (Å²) in [6.45, 7) is 1.43. The van der Waals surface area contributed by atoms with Crippen LogP contribution in [0.2, 0.25) is 0 Å². The molecule has 0 aliphatic carbocycles. The minimum absolute atomic E-state index is 0.0792. The first-order valence-electron chi connectivity index (χ1n) is 6.15. The first-order chi connectivity index (χ1) is 8.00. The Morgan fingerprint density at radius 2 is 1.94 bits per heavy atom. The molecule has 4 nitrogen and oxygen atoms in total. The molecule has 92 valence electrons. The van der Waals surface area contributed by atoms with E-state index < -0.39 is 0 Å². The molecule has 0 aromatic rings. The molecule has 0 aromatic heterocycles. The average Bonchev–Trinajstić information content (AvgIpc) is 2.74. The van der Waals surface area contributed by atoms with Crippen molar-refractivity contribution in [1.82, 2.24) is 4.90 Å². The zero-order valence-corrected chi connectivity index (χ0v) is 10.5. The van der Waals surface area contributed by atoms with Crippen molar-refractivity contribution < 1.29 is 14.1 Å². The van der Waals surface area contributed by atoms with Gasteiger partial charge in [0.25, 0.3) is 0 Å². The van der Waals surface area contributed by atoms with E-state index >= 15 is 0 Å². The standard InChI is InChI=1S/C13H19N2O2/c1-15(2)10-4-6-11(15)5-3-9-14-12(16)7-8-13(14)17/h11H,4,6-10H2,1-2H3/q+1/t11-/m0/s1. The summed E-state index contributed by atoms with van der Waals surface area (Å²) in [7, 11) is 4.36. The van der Waals surface area contributed by atoms with Crippen LogP contribution in [0.1, 0.15) is 25.7 Å². The van der Waals surface area contributed by atoms with E-state index in [-0.39, 0.29) is 18.4 Å². The van der Waals surface area contributed by atoms with E-state index in [0.717, 1.165) is 17.4 Å². The van der Waals surface area contributed by atoms with Crippen LogP contribution in [0.5, 0.6) is 0 Å². The number of rotatable bonds is 1. The van der Waals surface area contributed by atoms with Crippen molar-refractivity contribution in [1.29, 1.82) is 0 Å². The lowest BCUT2D eigenvalue weighted by Crippen LogP contribution is -2.43. The minimum Gasteiger partial charge on any atom is -0.316 e. The quantitative estimate of drug-likeness (QED) is 0.374. The Morgan fingerprint density at radius 3 is 2.47 bits per heavy atom. The second-order valence-electron chi connectivity index (χ2n) is 5.36. The highest BCUT2D eigenvalue weighted by atomic mass is 16.2. The molecule has 2 heterocycles.